The Balaban J connectivity index is 2.77. The van der Waals surface area contributed by atoms with E-state index in [9.17, 15) is 0 Å². The van der Waals surface area contributed by atoms with E-state index in [4.69, 9.17) is 5.26 Å². The molecule has 0 aliphatic heterocycles. The number of hydrogen-bond donors (Lipinski definition) is 1. The number of nitrogens with one attached hydrogen (secondary N) is 1. The van der Waals surface area contributed by atoms with Gasteiger partial charge in [-0.25, -0.2) is 0 Å². The van der Waals surface area contributed by atoms with E-state index >= 15 is 0 Å². The standard InChI is InChI=1S/C15H22N2/c1-4-14(12(2)3)17-15(10-11-16)13-8-6-5-7-9-13/h5-9,12,14-15,17H,4,10H2,1-3H3. The van der Waals surface area contributed by atoms with E-state index in [1.807, 2.05) is 18.2 Å². The average molecular weight is 230 g/mol. The molecule has 2 unspecified atom stereocenters. The van der Waals surface area contributed by atoms with Crippen LogP contribution in [-0.2, 0) is 0 Å². The van der Waals surface area contributed by atoms with E-state index < -0.39 is 0 Å². The minimum atomic E-state index is 0.147. The molecule has 2 heteroatoms. The van der Waals surface area contributed by atoms with E-state index in [0.29, 0.717) is 18.4 Å². The lowest BCUT2D eigenvalue weighted by atomic mass is 9.97. The van der Waals surface area contributed by atoms with Crippen LogP contribution in [-0.4, -0.2) is 6.04 Å². The summed E-state index contributed by atoms with van der Waals surface area (Å²) in [6, 6.07) is 13.1. The molecule has 2 nitrogen and oxygen atoms in total. The summed E-state index contributed by atoms with van der Waals surface area (Å²) in [6.07, 6.45) is 1.61. The lowest BCUT2D eigenvalue weighted by molar-refractivity contribution is 0.347. The first-order chi connectivity index (χ1) is 8.19. The van der Waals surface area contributed by atoms with Crippen LogP contribution in [0.1, 0.15) is 45.2 Å². The highest BCUT2D eigenvalue weighted by Gasteiger charge is 2.17. The first kappa shape index (κ1) is 13.7. The van der Waals surface area contributed by atoms with Crippen LogP contribution in [0.3, 0.4) is 0 Å². The number of hydrogen-bond acceptors (Lipinski definition) is 2. The largest absolute Gasteiger partial charge is 0.306 e. The fraction of sp³-hybridized carbons (Fsp3) is 0.533. The van der Waals surface area contributed by atoms with Gasteiger partial charge >= 0.3 is 0 Å². The van der Waals surface area contributed by atoms with Crippen LogP contribution in [0.4, 0.5) is 0 Å². The summed E-state index contributed by atoms with van der Waals surface area (Å²) in [5, 5.41) is 12.5. The minimum absolute atomic E-state index is 0.147. The first-order valence-corrected chi connectivity index (χ1v) is 6.37. The van der Waals surface area contributed by atoms with Crippen LogP contribution in [0.25, 0.3) is 0 Å². The summed E-state index contributed by atoms with van der Waals surface area (Å²) in [6.45, 7) is 6.62. The quantitative estimate of drug-likeness (QED) is 0.809. The number of nitrogens with zero attached hydrogens (tertiary/aromatic N) is 1. The molecule has 0 radical (unpaired) electrons. The molecule has 0 aromatic heterocycles. The summed E-state index contributed by atoms with van der Waals surface area (Å²) in [5.41, 5.74) is 1.20. The van der Waals surface area contributed by atoms with Gasteiger partial charge in [0.1, 0.15) is 0 Å². The second kappa shape index (κ2) is 7.09. The average Bonchev–Trinajstić information content (AvgIpc) is 2.35. The van der Waals surface area contributed by atoms with E-state index in [0.717, 1.165) is 6.42 Å². The Morgan fingerprint density at radius 2 is 1.88 bits per heavy atom. The third-order valence-electron chi connectivity index (χ3n) is 3.16. The Morgan fingerprint density at radius 3 is 2.35 bits per heavy atom. The zero-order valence-corrected chi connectivity index (χ0v) is 11.0. The van der Waals surface area contributed by atoms with Gasteiger partial charge in [-0.05, 0) is 17.9 Å². The third-order valence-corrected chi connectivity index (χ3v) is 3.16. The lowest BCUT2D eigenvalue weighted by Crippen LogP contribution is -2.36. The van der Waals surface area contributed by atoms with Crippen molar-refractivity contribution in [2.45, 2.75) is 45.7 Å². The Bertz CT molecular complexity index is 351. The summed E-state index contributed by atoms with van der Waals surface area (Å²) in [7, 11) is 0. The molecule has 2 atom stereocenters. The van der Waals surface area contributed by atoms with Gasteiger partial charge in [-0.15, -0.1) is 0 Å². The van der Waals surface area contributed by atoms with Crippen molar-refractivity contribution in [3.63, 3.8) is 0 Å². The first-order valence-electron chi connectivity index (χ1n) is 6.37. The van der Waals surface area contributed by atoms with Crippen LogP contribution >= 0.6 is 0 Å². The molecule has 0 bridgehead atoms. The van der Waals surface area contributed by atoms with Crippen molar-refractivity contribution in [3.05, 3.63) is 35.9 Å². The van der Waals surface area contributed by atoms with Crippen molar-refractivity contribution in [1.29, 1.82) is 5.26 Å². The predicted molar refractivity (Wildman–Crippen MR) is 71.5 cm³/mol. The molecule has 0 spiro atoms. The van der Waals surface area contributed by atoms with Crippen LogP contribution in [0.2, 0.25) is 0 Å². The maximum Gasteiger partial charge on any atom is 0.0641 e. The highest BCUT2D eigenvalue weighted by atomic mass is 15.0. The Hall–Kier alpha value is -1.33. The van der Waals surface area contributed by atoms with Gasteiger partial charge in [0.05, 0.1) is 12.5 Å². The highest BCUT2D eigenvalue weighted by Crippen LogP contribution is 2.19. The molecule has 92 valence electrons. The second-order valence-corrected chi connectivity index (χ2v) is 4.75. The van der Waals surface area contributed by atoms with Gasteiger partial charge < -0.3 is 5.32 Å². The summed E-state index contributed by atoms with van der Waals surface area (Å²) < 4.78 is 0. The molecular formula is C15H22N2. The molecule has 0 amide bonds. The highest BCUT2D eigenvalue weighted by molar-refractivity contribution is 5.20. The number of benzene rings is 1. The summed E-state index contributed by atoms with van der Waals surface area (Å²) in [4.78, 5) is 0. The maximum atomic E-state index is 8.93. The van der Waals surface area contributed by atoms with Crippen LogP contribution in [0.15, 0.2) is 30.3 Å². The van der Waals surface area contributed by atoms with Gasteiger partial charge in [0, 0.05) is 12.1 Å². The molecular weight excluding hydrogens is 208 g/mol. The molecule has 1 aromatic carbocycles. The van der Waals surface area contributed by atoms with Crippen molar-refractivity contribution in [1.82, 2.24) is 5.32 Å². The molecule has 0 saturated carbocycles. The lowest BCUT2D eigenvalue weighted by Gasteiger charge is -2.26. The van der Waals surface area contributed by atoms with E-state index in [1.165, 1.54) is 5.56 Å². The van der Waals surface area contributed by atoms with Gasteiger partial charge in [0.15, 0.2) is 0 Å². The zero-order valence-electron chi connectivity index (χ0n) is 11.0. The maximum absolute atomic E-state index is 8.93. The van der Waals surface area contributed by atoms with Crippen molar-refractivity contribution < 1.29 is 0 Å². The van der Waals surface area contributed by atoms with E-state index in [2.05, 4.69) is 44.3 Å². The zero-order chi connectivity index (χ0) is 12.7. The monoisotopic (exact) mass is 230 g/mol. The molecule has 0 aliphatic carbocycles. The molecule has 1 aromatic rings. The predicted octanol–water partition coefficient (Wildman–Crippen LogP) is 3.67. The van der Waals surface area contributed by atoms with Gasteiger partial charge in [-0.1, -0.05) is 51.1 Å². The summed E-state index contributed by atoms with van der Waals surface area (Å²) in [5.74, 6) is 0.588. The number of rotatable bonds is 6. The molecule has 0 saturated heterocycles. The van der Waals surface area contributed by atoms with Crippen molar-refractivity contribution in [3.8, 4) is 6.07 Å². The molecule has 1 rings (SSSR count). The normalized spacial score (nSPS) is 14.3. The topological polar surface area (TPSA) is 35.8 Å². The van der Waals surface area contributed by atoms with Crippen molar-refractivity contribution >= 4 is 0 Å². The van der Waals surface area contributed by atoms with Crippen LogP contribution in [0, 0.1) is 17.2 Å². The van der Waals surface area contributed by atoms with Gasteiger partial charge in [0.2, 0.25) is 0 Å². The molecule has 0 fully saturated rings. The van der Waals surface area contributed by atoms with Crippen molar-refractivity contribution in [2.75, 3.05) is 0 Å². The van der Waals surface area contributed by atoms with E-state index in [-0.39, 0.29) is 6.04 Å². The van der Waals surface area contributed by atoms with Gasteiger partial charge in [-0.3, -0.25) is 0 Å². The molecule has 0 aliphatic rings. The number of nitriles is 1. The molecule has 17 heavy (non-hydrogen) atoms. The molecule has 1 N–H and O–H groups in total. The Morgan fingerprint density at radius 1 is 1.24 bits per heavy atom. The van der Waals surface area contributed by atoms with Crippen molar-refractivity contribution in [2.24, 2.45) is 5.92 Å². The molecule has 0 heterocycles. The van der Waals surface area contributed by atoms with Crippen LogP contribution < -0.4 is 5.32 Å². The fourth-order valence-corrected chi connectivity index (χ4v) is 2.09. The fourth-order valence-electron chi connectivity index (χ4n) is 2.09. The third kappa shape index (κ3) is 4.20. The SMILES string of the molecule is CCC(NC(CC#N)c1ccccc1)C(C)C. The van der Waals surface area contributed by atoms with Gasteiger partial charge in [-0.2, -0.15) is 5.26 Å². The minimum Gasteiger partial charge on any atom is -0.306 e. The summed E-state index contributed by atoms with van der Waals surface area (Å²) >= 11 is 0. The Labute approximate surface area is 105 Å². The van der Waals surface area contributed by atoms with Crippen LogP contribution in [0.5, 0.6) is 0 Å². The van der Waals surface area contributed by atoms with E-state index in [1.54, 1.807) is 0 Å². The second-order valence-electron chi connectivity index (χ2n) is 4.75. The van der Waals surface area contributed by atoms with Gasteiger partial charge in [0.25, 0.3) is 0 Å². The Kier molecular flexibility index (Phi) is 5.72. The smallest absolute Gasteiger partial charge is 0.0641 e.